The molecule has 0 radical (unpaired) electrons. The number of nitrogens with zero attached hydrogens (tertiary/aromatic N) is 4. The zero-order valence-electron chi connectivity index (χ0n) is 16.3. The highest BCUT2D eigenvalue weighted by Gasteiger charge is 2.14. The lowest BCUT2D eigenvalue weighted by Gasteiger charge is -2.12. The Hall–Kier alpha value is -2.64. The molecule has 28 heavy (non-hydrogen) atoms. The fourth-order valence-electron chi connectivity index (χ4n) is 2.60. The Bertz CT molecular complexity index is 855. The number of halogens is 1. The number of rotatable bonds is 9. The van der Waals surface area contributed by atoms with Crippen LogP contribution in [0.4, 0.5) is 0 Å². The topological polar surface area (TPSA) is 74.1 Å². The highest BCUT2D eigenvalue weighted by Crippen LogP contribution is 2.32. The summed E-state index contributed by atoms with van der Waals surface area (Å²) in [6, 6.07) is 15.7. The van der Waals surface area contributed by atoms with Gasteiger partial charge in [0, 0.05) is 6.54 Å². The SMILES string of the molecule is COc1cc(CNCCC(C)C)ccc1Oc1nnnn1-c1ccccc1.Cl. The van der Waals surface area contributed by atoms with E-state index in [1.807, 2.05) is 48.5 Å². The Morgan fingerprint density at radius 1 is 1.07 bits per heavy atom. The van der Waals surface area contributed by atoms with Gasteiger partial charge in [0.25, 0.3) is 0 Å². The monoisotopic (exact) mass is 403 g/mol. The van der Waals surface area contributed by atoms with Crippen LogP contribution < -0.4 is 14.8 Å². The minimum absolute atomic E-state index is 0. The molecule has 0 atom stereocenters. The Morgan fingerprint density at radius 3 is 2.57 bits per heavy atom. The molecule has 0 fully saturated rings. The van der Waals surface area contributed by atoms with Crippen molar-refractivity contribution in [1.29, 1.82) is 0 Å². The van der Waals surface area contributed by atoms with E-state index < -0.39 is 0 Å². The van der Waals surface area contributed by atoms with Crippen molar-refractivity contribution in [2.75, 3.05) is 13.7 Å². The number of nitrogens with one attached hydrogen (secondary N) is 1. The highest BCUT2D eigenvalue weighted by molar-refractivity contribution is 5.85. The summed E-state index contributed by atoms with van der Waals surface area (Å²) in [6.45, 7) is 6.22. The number of para-hydroxylation sites is 1. The van der Waals surface area contributed by atoms with E-state index >= 15 is 0 Å². The number of ether oxygens (including phenoxy) is 2. The van der Waals surface area contributed by atoms with Crippen LogP contribution >= 0.6 is 12.4 Å². The van der Waals surface area contributed by atoms with Gasteiger partial charge in [-0.2, -0.15) is 4.68 Å². The van der Waals surface area contributed by atoms with E-state index in [1.165, 1.54) is 0 Å². The molecule has 150 valence electrons. The van der Waals surface area contributed by atoms with Crippen molar-refractivity contribution in [1.82, 2.24) is 25.5 Å². The molecule has 0 aliphatic carbocycles. The fraction of sp³-hybridized carbons (Fsp3) is 0.350. The normalized spacial score (nSPS) is 10.6. The molecule has 8 heteroatoms. The van der Waals surface area contributed by atoms with Gasteiger partial charge >= 0.3 is 6.01 Å². The molecular formula is C20H26ClN5O2. The van der Waals surface area contributed by atoms with E-state index in [-0.39, 0.29) is 18.4 Å². The smallest absolute Gasteiger partial charge is 0.346 e. The van der Waals surface area contributed by atoms with E-state index in [2.05, 4.69) is 34.7 Å². The molecule has 0 saturated carbocycles. The summed E-state index contributed by atoms with van der Waals surface area (Å²) in [7, 11) is 1.62. The Kier molecular flexibility index (Phi) is 8.22. The number of tetrazole rings is 1. The van der Waals surface area contributed by atoms with Crippen molar-refractivity contribution in [3.63, 3.8) is 0 Å². The second-order valence-electron chi connectivity index (χ2n) is 6.66. The van der Waals surface area contributed by atoms with Crippen molar-refractivity contribution >= 4 is 12.4 Å². The maximum atomic E-state index is 5.92. The van der Waals surface area contributed by atoms with Gasteiger partial charge in [-0.05, 0) is 59.1 Å². The minimum Gasteiger partial charge on any atom is -0.493 e. The Morgan fingerprint density at radius 2 is 1.86 bits per heavy atom. The number of hydrogen-bond donors (Lipinski definition) is 1. The van der Waals surface area contributed by atoms with Crippen molar-refractivity contribution in [2.45, 2.75) is 26.8 Å². The third kappa shape index (κ3) is 5.68. The Labute approximate surface area is 171 Å². The van der Waals surface area contributed by atoms with Crippen LogP contribution in [0.1, 0.15) is 25.8 Å². The number of benzene rings is 2. The van der Waals surface area contributed by atoms with Crippen molar-refractivity contribution in [2.24, 2.45) is 5.92 Å². The first-order chi connectivity index (χ1) is 13.2. The largest absolute Gasteiger partial charge is 0.493 e. The lowest BCUT2D eigenvalue weighted by molar-refractivity contribution is 0.362. The van der Waals surface area contributed by atoms with E-state index in [9.17, 15) is 0 Å². The molecule has 0 aliphatic heterocycles. The fourth-order valence-corrected chi connectivity index (χ4v) is 2.60. The summed E-state index contributed by atoms with van der Waals surface area (Å²) in [5, 5.41) is 15.1. The second-order valence-corrected chi connectivity index (χ2v) is 6.66. The average Bonchev–Trinajstić information content (AvgIpc) is 3.15. The minimum atomic E-state index is 0. The van der Waals surface area contributed by atoms with Crippen LogP contribution in [0, 0.1) is 5.92 Å². The first kappa shape index (κ1) is 21.7. The predicted octanol–water partition coefficient (Wildman–Crippen LogP) is 4.02. The molecule has 1 aromatic heterocycles. The van der Waals surface area contributed by atoms with Crippen LogP contribution in [0.15, 0.2) is 48.5 Å². The zero-order chi connectivity index (χ0) is 19.1. The van der Waals surface area contributed by atoms with Gasteiger partial charge < -0.3 is 14.8 Å². The maximum Gasteiger partial charge on any atom is 0.346 e. The third-order valence-corrected chi connectivity index (χ3v) is 4.10. The quantitative estimate of drug-likeness (QED) is 0.544. The predicted molar refractivity (Wildman–Crippen MR) is 111 cm³/mol. The first-order valence-corrected chi connectivity index (χ1v) is 9.06. The summed E-state index contributed by atoms with van der Waals surface area (Å²) < 4.78 is 13.0. The molecule has 1 N–H and O–H groups in total. The molecule has 7 nitrogen and oxygen atoms in total. The van der Waals surface area contributed by atoms with Gasteiger partial charge in [-0.1, -0.05) is 43.2 Å². The van der Waals surface area contributed by atoms with E-state index in [4.69, 9.17) is 9.47 Å². The van der Waals surface area contributed by atoms with Gasteiger partial charge in [0.05, 0.1) is 12.8 Å². The molecule has 0 unspecified atom stereocenters. The molecular weight excluding hydrogens is 378 g/mol. The van der Waals surface area contributed by atoms with Crippen LogP contribution in [-0.4, -0.2) is 33.9 Å². The molecule has 0 spiro atoms. The summed E-state index contributed by atoms with van der Waals surface area (Å²) in [5.74, 6) is 1.90. The molecule has 2 aromatic carbocycles. The van der Waals surface area contributed by atoms with Crippen molar-refractivity contribution < 1.29 is 9.47 Å². The van der Waals surface area contributed by atoms with Crippen LogP contribution in [-0.2, 0) is 6.54 Å². The van der Waals surface area contributed by atoms with Crippen molar-refractivity contribution in [3.8, 4) is 23.2 Å². The first-order valence-electron chi connectivity index (χ1n) is 9.06. The number of methoxy groups -OCH3 is 1. The van der Waals surface area contributed by atoms with Crippen LogP contribution in [0.2, 0.25) is 0 Å². The van der Waals surface area contributed by atoms with Gasteiger partial charge in [0.1, 0.15) is 0 Å². The lowest BCUT2D eigenvalue weighted by atomic mass is 10.1. The van der Waals surface area contributed by atoms with Gasteiger partial charge in [-0.3, -0.25) is 0 Å². The third-order valence-electron chi connectivity index (χ3n) is 4.10. The van der Waals surface area contributed by atoms with Gasteiger partial charge in [0.15, 0.2) is 11.5 Å². The molecule has 3 aromatic rings. The van der Waals surface area contributed by atoms with Gasteiger partial charge in [-0.25, -0.2) is 0 Å². The molecule has 0 saturated heterocycles. The molecule has 1 heterocycles. The van der Waals surface area contributed by atoms with Gasteiger partial charge in [0.2, 0.25) is 0 Å². The molecule has 0 bridgehead atoms. The average molecular weight is 404 g/mol. The van der Waals surface area contributed by atoms with Crippen LogP contribution in [0.25, 0.3) is 5.69 Å². The van der Waals surface area contributed by atoms with Crippen LogP contribution in [0.5, 0.6) is 17.5 Å². The molecule has 0 aliphatic rings. The summed E-state index contributed by atoms with van der Waals surface area (Å²) in [4.78, 5) is 0. The summed E-state index contributed by atoms with van der Waals surface area (Å²) in [5.41, 5.74) is 1.95. The van der Waals surface area contributed by atoms with E-state index in [0.717, 1.165) is 30.8 Å². The van der Waals surface area contributed by atoms with E-state index in [1.54, 1.807) is 11.8 Å². The van der Waals surface area contributed by atoms with Gasteiger partial charge in [-0.15, -0.1) is 12.4 Å². The molecule has 0 amide bonds. The number of aromatic nitrogens is 4. The maximum absolute atomic E-state index is 5.92. The lowest BCUT2D eigenvalue weighted by Crippen LogP contribution is -2.16. The molecule has 3 rings (SSSR count). The summed E-state index contributed by atoms with van der Waals surface area (Å²) in [6.07, 6.45) is 1.15. The standard InChI is InChI=1S/C20H25N5O2.ClH/c1-15(2)11-12-21-14-16-9-10-18(19(13-16)26-3)27-20-22-23-24-25(20)17-7-5-4-6-8-17;/h4-10,13,15,21H,11-12,14H2,1-3H3;1H. The second kappa shape index (κ2) is 10.6. The zero-order valence-corrected chi connectivity index (χ0v) is 17.1. The number of hydrogen-bond acceptors (Lipinski definition) is 6. The van der Waals surface area contributed by atoms with E-state index in [0.29, 0.717) is 17.4 Å². The highest BCUT2D eigenvalue weighted by atomic mass is 35.5. The van der Waals surface area contributed by atoms with Crippen molar-refractivity contribution in [3.05, 3.63) is 54.1 Å². The Balaban J connectivity index is 0.00000280. The van der Waals surface area contributed by atoms with Crippen LogP contribution in [0.3, 0.4) is 0 Å². The summed E-state index contributed by atoms with van der Waals surface area (Å²) >= 11 is 0.